The maximum atomic E-state index is 12.4. The maximum Gasteiger partial charge on any atom is 0.286 e. The summed E-state index contributed by atoms with van der Waals surface area (Å²) in [5, 5.41) is 22.3. The molecule has 0 aliphatic heterocycles. The molecule has 4 rings (SSSR count). The SMILES string of the molecule is O=C(Nc1nnc(SCc2cccc([N+](=O)[O-])c2)s1)c1nc2ccccc2s1. The van der Waals surface area contributed by atoms with E-state index in [1.165, 1.54) is 46.6 Å². The molecule has 28 heavy (non-hydrogen) atoms. The number of amides is 1. The number of nitrogens with zero attached hydrogens (tertiary/aromatic N) is 4. The summed E-state index contributed by atoms with van der Waals surface area (Å²) in [6.07, 6.45) is 0. The van der Waals surface area contributed by atoms with E-state index in [9.17, 15) is 14.9 Å². The predicted molar refractivity (Wildman–Crippen MR) is 110 cm³/mol. The number of hydrogen-bond acceptors (Lipinski definition) is 9. The van der Waals surface area contributed by atoms with E-state index in [0.29, 0.717) is 20.2 Å². The molecule has 2 aromatic carbocycles. The number of hydrogen-bond donors (Lipinski definition) is 1. The Morgan fingerprint density at radius 3 is 2.82 bits per heavy atom. The highest BCUT2D eigenvalue weighted by molar-refractivity contribution is 8.00. The van der Waals surface area contributed by atoms with Crippen LogP contribution in [0.2, 0.25) is 0 Å². The number of benzene rings is 2. The zero-order chi connectivity index (χ0) is 19.5. The van der Waals surface area contributed by atoms with Crippen molar-refractivity contribution in [3.63, 3.8) is 0 Å². The zero-order valence-corrected chi connectivity index (χ0v) is 16.5. The lowest BCUT2D eigenvalue weighted by atomic mass is 10.2. The molecule has 0 unspecified atom stereocenters. The molecule has 0 atom stereocenters. The van der Waals surface area contributed by atoms with Gasteiger partial charge in [0.15, 0.2) is 9.35 Å². The minimum absolute atomic E-state index is 0.0548. The first-order chi connectivity index (χ1) is 13.6. The summed E-state index contributed by atoms with van der Waals surface area (Å²) in [6, 6.07) is 14.0. The molecular weight excluding hydrogens is 418 g/mol. The highest BCUT2D eigenvalue weighted by Gasteiger charge is 2.15. The third-order valence-electron chi connectivity index (χ3n) is 3.60. The van der Waals surface area contributed by atoms with Crippen molar-refractivity contribution < 1.29 is 9.72 Å². The normalized spacial score (nSPS) is 10.9. The van der Waals surface area contributed by atoms with Gasteiger partial charge in [0.25, 0.3) is 11.6 Å². The van der Waals surface area contributed by atoms with Gasteiger partial charge in [-0.15, -0.1) is 21.5 Å². The summed E-state index contributed by atoms with van der Waals surface area (Å²) in [4.78, 5) is 27.1. The number of non-ortho nitro benzene ring substituents is 1. The Morgan fingerprint density at radius 2 is 2.00 bits per heavy atom. The number of thioether (sulfide) groups is 1. The number of nitro benzene ring substituents is 1. The van der Waals surface area contributed by atoms with Gasteiger partial charge in [0.2, 0.25) is 5.13 Å². The molecule has 0 radical (unpaired) electrons. The average Bonchev–Trinajstić information content (AvgIpc) is 3.33. The van der Waals surface area contributed by atoms with Gasteiger partial charge in [0.1, 0.15) is 0 Å². The first-order valence-electron chi connectivity index (χ1n) is 7.95. The number of carbonyl (C=O) groups is 1. The quantitative estimate of drug-likeness (QED) is 0.206. The highest BCUT2D eigenvalue weighted by atomic mass is 32.2. The second-order valence-corrected chi connectivity index (χ2v) is 8.76. The Kier molecular flexibility index (Phi) is 5.28. The van der Waals surface area contributed by atoms with Crippen LogP contribution in [0.4, 0.5) is 10.8 Å². The van der Waals surface area contributed by atoms with Gasteiger partial charge in [-0.2, -0.15) is 0 Å². The summed E-state index contributed by atoms with van der Waals surface area (Å²) in [5.41, 5.74) is 1.65. The summed E-state index contributed by atoms with van der Waals surface area (Å²) in [6.45, 7) is 0. The summed E-state index contributed by atoms with van der Waals surface area (Å²) >= 11 is 3.96. The van der Waals surface area contributed by atoms with Gasteiger partial charge in [0.05, 0.1) is 15.1 Å². The molecule has 0 aliphatic rings. The van der Waals surface area contributed by atoms with Crippen LogP contribution in [0.5, 0.6) is 0 Å². The van der Waals surface area contributed by atoms with Gasteiger partial charge in [0, 0.05) is 17.9 Å². The van der Waals surface area contributed by atoms with Gasteiger partial charge >= 0.3 is 0 Å². The molecule has 0 fully saturated rings. The topological polar surface area (TPSA) is 111 Å². The number of nitro groups is 1. The Bertz CT molecular complexity index is 1140. The second kappa shape index (κ2) is 8.00. The van der Waals surface area contributed by atoms with Crippen LogP contribution in [-0.4, -0.2) is 26.0 Å². The van der Waals surface area contributed by atoms with Crippen molar-refractivity contribution in [1.29, 1.82) is 0 Å². The van der Waals surface area contributed by atoms with E-state index in [-0.39, 0.29) is 11.6 Å². The molecule has 8 nitrogen and oxygen atoms in total. The first kappa shape index (κ1) is 18.5. The third-order valence-corrected chi connectivity index (χ3v) is 6.68. The number of para-hydroxylation sites is 1. The zero-order valence-electron chi connectivity index (χ0n) is 14.1. The third kappa shape index (κ3) is 4.16. The second-order valence-electron chi connectivity index (χ2n) is 5.53. The maximum absolute atomic E-state index is 12.4. The van der Waals surface area contributed by atoms with Crippen LogP contribution in [0.3, 0.4) is 0 Å². The van der Waals surface area contributed by atoms with E-state index in [0.717, 1.165) is 15.8 Å². The summed E-state index contributed by atoms with van der Waals surface area (Å²) in [7, 11) is 0. The molecule has 1 amide bonds. The van der Waals surface area contributed by atoms with Crippen LogP contribution in [-0.2, 0) is 5.75 Å². The fraction of sp³-hybridized carbons (Fsp3) is 0.0588. The fourth-order valence-corrected chi connectivity index (χ4v) is 4.89. The van der Waals surface area contributed by atoms with Gasteiger partial charge in [-0.3, -0.25) is 20.2 Å². The van der Waals surface area contributed by atoms with Crippen LogP contribution in [0.15, 0.2) is 52.9 Å². The van der Waals surface area contributed by atoms with Crippen molar-refractivity contribution >= 4 is 61.4 Å². The Morgan fingerprint density at radius 1 is 1.14 bits per heavy atom. The molecule has 0 spiro atoms. The molecule has 11 heteroatoms. The van der Waals surface area contributed by atoms with Crippen molar-refractivity contribution in [3.8, 4) is 0 Å². The molecule has 2 aromatic heterocycles. The monoisotopic (exact) mass is 429 g/mol. The molecule has 0 aliphatic carbocycles. The molecule has 1 N–H and O–H groups in total. The number of carbonyl (C=O) groups excluding carboxylic acids is 1. The van der Waals surface area contributed by atoms with Crippen molar-refractivity contribution in [2.24, 2.45) is 0 Å². The molecular formula is C17H11N5O3S3. The van der Waals surface area contributed by atoms with E-state index >= 15 is 0 Å². The molecule has 140 valence electrons. The minimum atomic E-state index is -0.422. The Balaban J connectivity index is 1.39. The average molecular weight is 430 g/mol. The number of nitrogens with one attached hydrogen (secondary N) is 1. The molecule has 0 bridgehead atoms. The van der Waals surface area contributed by atoms with Gasteiger partial charge in [-0.05, 0) is 17.7 Å². The lowest BCUT2D eigenvalue weighted by Gasteiger charge is -1.98. The number of anilines is 1. The fourth-order valence-electron chi connectivity index (χ4n) is 2.34. The van der Waals surface area contributed by atoms with E-state index in [4.69, 9.17) is 0 Å². The molecule has 2 heterocycles. The van der Waals surface area contributed by atoms with E-state index in [1.54, 1.807) is 6.07 Å². The van der Waals surface area contributed by atoms with Crippen LogP contribution >= 0.6 is 34.4 Å². The lowest BCUT2D eigenvalue weighted by Crippen LogP contribution is -2.11. The van der Waals surface area contributed by atoms with Crippen molar-refractivity contribution in [2.45, 2.75) is 10.1 Å². The Hall–Kier alpha value is -2.89. The van der Waals surface area contributed by atoms with Gasteiger partial charge in [-0.1, -0.05) is 47.4 Å². The van der Waals surface area contributed by atoms with Crippen molar-refractivity contribution in [1.82, 2.24) is 15.2 Å². The largest absolute Gasteiger partial charge is 0.294 e. The van der Waals surface area contributed by atoms with E-state index in [1.807, 2.05) is 30.3 Å². The number of aromatic nitrogens is 3. The van der Waals surface area contributed by atoms with Crippen LogP contribution in [0.25, 0.3) is 10.2 Å². The van der Waals surface area contributed by atoms with E-state index < -0.39 is 4.92 Å². The van der Waals surface area contributed by atoms with Crippen LogP contribution < -0.4 is 5.32 Å². The van der Waals surface area contributed by atoms with E-state index in [2.05, 4.69) is 20.5 Å². The van der Waals surface area contributed by atoms with Gasteiger partial charge in [-0.25, -0.2) is 4.98 Å². The minimum Gasteiger partial charge on any atom is -0.294 e. The number of fused-ring (bicyclic) bond motifs is 1. The van der Waals surface area contributed by atoms with Gasteiger partial charge < -0.3 is 0 Å². The smallest absolute Gasteiger partial charge is 0.286 e. The Labute approximate surface area is 170 Å². The first-order valence-corrected chi connectivity index (χ1v) is 10.6. The van der Waals surface area contributed by atoms with Crippen molar-refractivity contribution in [2.75, 3.05) is 5.32 Å². The summed E-state index contributed by atoms with van der Waals surface area (Å²) in [5.74, 6) is 0.190. The lowest BCUT2D eigenvalue weighted by molar-refractivity contribution is -0.384. The van der Waals surface area contributed by atoms with Crippen LogP contribution in [0, 0.1) is 10.1 Å². The molecule has 0 saturated heterocycles. The highest BCUT2D eigenvalue weighted by Crippen LogP contribution is 2.30. The molecule has 0 saturated carbocycles. The number of thiazole rings is 1. The standard InChI is InChI=1S/C17H11N5O3S3/c23-14(15-18-12-6-1-2-7-13(12)27-15)19-16-20-21-17(28-16)26-9-10-4-3-5-11(8-10)22(24)25/h1-8H,9H2,(H,19,20,23). The summed E-state index contributed by atoms with van der Waals surface area (Å²) < 4.78 is 1.60. The molecule has 4 aromatic rings. The van der Waals surface area contributed by atoms with Crippen LogP contribution in [0.1, 0.15) is 15.4 Å². The number of rotatable bonds is 6. The van der Waals surface area contributed by atoms with Crippen molar-refractivity contribution in [3.05, 3.63) is 69.2 Å². The predicted octanol–water partition coefficient (Wildman–Crippen LogP) is 4.60.